The summed E-state index contributed by atoms with van der Waals surface area (Å²) in [4.78, 5) is 24.2. The van der Waals surface area contributed by atoms with Crippen molar-refractivity contribution in [3.05, 3.63) is 10.6 Å². The molecule has 0 aromatic carbocycles. The summed E-state index contributed by atoms with van der Waals surface area (Å²) in [5.74, 6) is -0.477. The third-order valence-corrected chi connectivity index (χ3v) is 3.36. The zero-order valence-corrected chi connectivity index (χ0v) is 12.4. The molecule has 1 aromatic heterocycles. The van der Waals surface area contributed by atoms with E-state index in [1.807, 2.05) is 20.8 Å². The minimum atomic E-state index is -0.635. The maximum absolute atomic E-state index is 12.1. The lowest BCUT2D eigenvalue weighted by Crippen LogP contribution is -2.42. The highest BCUT2D eigenvalue weighted by molar-refractivity contribution is 7.08. The quantitative estimate of drug-likeness (QED) is 0.799. The van der Waals surface area contributed by atoms with Gasteiger partial charge in [0.1, 0.15) is 10.9 Å². The van der Waals surface area contributed by atoms with Crippen LogP contribution in [0.5, 0.6) is 0 Å². The Kier molecular flexibility index (Phi) is 5.88. The van der Waals surface area contributed by atoms with Crippen LogP contribution in [0.2, 0.25) is 0 Å². The van der Waals surface area contributed by atoms with Gasteiger partial charge in [0.2, 0.25) is 0 Å². The van der Waals surface area contributed by atoms with E-state index >= 15 is 0 Å². The Morgan fingerprint density at radius 3 is 2.63 bits per heavy atom. The molecule has 1 aromatic rings. The molecule has 19 heavy (non-hydrogen) atoms. The van der Waals surface area contributed by atoms with Crippen LogP contribution in [0.25, 0.3) is 0 Å². The van der Waals surface area contributed by atoms with E-state index in [4.69, 9.17) is 4.74 Å². The number of rotatable bonds is 6. The van der Waals surface area contributed by atoms with Gasteiger partial charge in [-0.3, -0.25) is 4.79 Å². The fraction of sp³-hybridized carbons (Fsp3) is 0.667. The van der Waals surface area contributed by atoms with Gasteiger partial charge in [-0.15, -0.1) is 5.10 Å². The van der Waals surface area contributed by atoms with Crippen LogP contribution < -0.4 is 5.32 Å². The minimum absolute atomic E-state index is 0.273. The number of nitrogens with one attached hydrogen (secondary N) is 1. The van der Waals surface area contributed by atoms with E-state index in [1.165, 1.54) is 7.11 Å². The zero-order chi connectivity index (χ0) is 14.4. The van der Waals surface area contributed by atoms with Crippen molar-refractivity contribution in [2.45, 2.75) is 39.7 Å². The molecule has 1 amide bonds. The van der Waals surface area contributed by atoms with Crippen molar-refractivity contribution < 1.29 is 14.3 Å². The number of aryl methyl sites for hydroxylation is 1. The second-order valence-electron chi connectivity index (χ2n) is 4.58. The lowest BCUT2D eigenvalue weighted by atomic mass is 10.0. The van der Waals surface area contributed by atoms with Crippen molar-refractivity contribution in [2.75, 3.05) is 7.11 Å². The van der Waals surface area contributed by atoms with Crippen LogP contribution in [0.4, 0.5) is 0 Å². The highest BCUT2D eigenvalue weighted by Gasteiger charge is 2.25. The summed E-state index contributed by atoms with van der Waals surface area (Å²) in [6.45, 7) is 5.86. The Bertz CT molecular complexity index is 445. The normalized spacial score (nSPS) is 12.3. The molecule has 0 aliphatic carbocycles. The summed E-state index contributed by atoms with van der Waals surface area (Å²) < 4.78 is 8.47. The summed E-state index contributed by atoms with van der Waals surface area (Å²) in [6, 6.07) is -0.635. The molecular formula is C12H19N3O3S. The number of amides is 1. The van der Waals surface area contributed by atoms with Gasteiger partial charge in [-0.25, -0.2) is 4.79 Å². The number of hydrogen-bond acceptors (Lipinski definition) is 6. The van der Waals surface area contributed by atoms with Gasteiger partial charge in [0.15, 0.2) is 0 Å². The first kappa shape index (κ1) is 15.6. The molecule has 0 fully saturated rings. The number of carbonyl (C=O) groups is 2. The maximum Gasteiger partial charge on any atom is 0.328 e. The Labute approximate surface area is 116 Å². The monoisotopic (exact) mass is 285 g/mol. The van der Waals surface area contributed by atoms with Crippen LogP contribution in [0.15, 0.2) is 0 Å². The Balaban J connectivity index is 2.78. The van der Waals surface area contributed by atoms with Crippen LogP contribution in [0.3, 0.4) is 0 Å². The standard InChI is InChI=1S/C12H19N3O3S/c1-5-8-10(19-15-14-8)11(16)13-9(6-7(2)3)12(17)18-4/h7,9H,5-6H2,1-4H3,(H,13,16)/t9-/m0/s1. The first-order valence-corrected chi connectivity index (χ1v) is 6.96. The van der Waals surface area contributed by atoms with Gasteiger partial charge in [0, 0.05) is 0 Å². The van der Waals surface area contributed by atoms with Gasteiger partial charge in [-0.2, -0.15) is 0 Å². The molecule has 1 heterocycles. The lowest BCUT2D eigenvalue weighted by molar-refractivity contribution is -0.143. The molecule has 6 nitrogen and oxygen atoms in total. The SMILES string of the molecule is CCc1nnsc1C(=O)N[C@@H](CC(C)C)C(=O)OC. The van der Waals surface area contributed by atoms with Crippen molar-refractivity contribution in [1.29, 1.82) is 0 Å². The number of methoxy groups -OCH3 is 1. The van der Waals surface area contributed by atoms with Crippen molar-refractivity contribution in [3.8, 4) is 0 Å². The summed E-state index contributed by atoms with van der Waals surface area (Å²) >= 11 is 1.04. The minimum Gasteiger partial charge on any atom is -0.467 e. The Morgan fingerprint density at radius 2 is 2.11 bits per heavy atom. The van der Waals surface area contributed by atoms with Gasteiger partial charge in [-0.1, -0.05) is 25.3 Å². The Morgan fingerprint density at radius 1 is 1.42 bits per heavy atom. The predicted octanol–water partition coefficient (Wildman–Crippen LogP) is 1.42. The molecule has 1 rings (SSSR count). The molecule has 0 spiro atoms. The molecular weight excluding hydrogens is 266 g/mol. The van der Waals surface area contributed by atoms with Crippen molar-refractivity contribution in [2.24, 2.45) is 5.92 Å². The molecule has 0 saturated heterocycles. The first-order valence-electron chi connectivity index (χ1n) is 6.19. The predicted molar refractivity (Wildman–Crippen MR) is 72.0 cm³/mol. The number of hydrogen-bond donors (Lipinski definition) is 1. The summed E-state index contributed by atoms with van der Waals surface area (Å²) in [5.41, 5.74) is 0.649. The third kappa shape index (κ3) is 4.27. The van der Waals surface area contributed by atoms with E-state index < -0.39 is 12.0 Å². The van der Waals surface area contributed by atoms with Gasteiger partial charge >= 0.3 is 5.97 Å². The molecule has 106 valence electrons. The highest BCUT2D eigenvalue weighted by atomic mass is 32.1. The van der Waals surface area contributed by atoms with E-state index in [2.05, 4.69) is 14.9 Å². The van der Waals surface area contributed by atoms with Gasteiger partial charge in [0.25, 0.3) is 5.91 Å². The first-order chi connectivity index (χ1) is 8.99. The number of nitrogens with zero attached hydrogens (tertiary/aromatic N) is 2. The molecule has 0 radical (unpaired) electrons. The second kappa shape index (κ2) is 7.18. The molecule has 0 bridgehead atoms. The molecule has 1 N–H and O–H groups in total. The molecule has 0 unspecified atom stereocenters. The van der Waals surface area contributed by atoms with Crippen molar-refractivity contribution in [3.63, 3.8) is 0 Å². The fourth-order valence-corrected chi connectivity index (χ4v) is 2.32. The lowest BCUT2D eigenvalue weighted by Gasteiger charge is -2.17. The van der Waals surface area contributed by atoms with Crippen LogP contribution in [0.1, 0.15) is 42.6 Å². The number of aromatic nitrogens is 2. The number of carbonyl (C=O) groups excluding carboxylic acids is 2. The van der Waals surface area contributed by atoms with Gasteiger partial charge in [-0.05, 0) is 30.3 Å². The molecule has 0 aliphatic rings. The summed E-state index contributed by atoms with van der Waals surface area (Å²) in [5, 5.41) is 6.57. The van der Waals surface area contributed by atoms with Gasteiger partial charge < -0.3 is 10.1 Å². The fourth-order valence-electron chi connectivity index (χ4n) is 1.66. The molecule has 0 saturated carbocycles. The zero-order valence-electron chi connectivity index (χ0n) is 11.6. The van der Waals surface area contributed by atoms with Crippen LogP contribution in [-0.2, 0) is 16.0 Å². The van der Waals surface area contributed by atoms with E-state index in [1.54, 1.807) is 0 Å². The maximum atomic E-state index is 12.1. The van der Waals surface area contributed by atoms with E-state index in [0.717, 1.165) is 11.5 Å². The average molecular weight is 285 g/mol. The Hall–Kier alpha value is -1.50. The molecule has 1 atom stereocenters. The smallest absolute Gasteiger partial charge is 0.328 e. The molecule has 0 aliphatic heterocycles. The van der Waals surface area contributed by atoms with E-state index in [-0.39, 0.29) is 11.8 Å². The van der Waals surface area contributed by atoms with Crippen LogP contribution in [0, 0.1) is 5.92 Å². The summed E-state index contributed by atoms with van der Waals surface area (Å²) in [7, 11) is 1.31. The second-order valence-corrected chi connectivity index (χ2v) is 5.34. The van der Waals surface area contributed by atoms with Crippen molar-refractivity contribution >= 4 is 23.4 Å². The molecule has 7 heteroatoms. The number of ether oxygens (including phenoxy) is 1. The third-order valence-electron chi connectivity index (χ3n) is 2.60. The van der Waals surface area contributed by atoms with Crippen LogP contribution >= 0.6 is 11.5 Å². The largest absolute Gasteiger partial charge is 0.467 e. The van der Waals surface area contributed by atoms with Crippen molar-refractivity contribution in [1.82, 2.24) is 14.9 Å². The summed E-state index contributed by atoms with van der Waals surface area (Å²) in [6.07, 6.45) is 1.17. The average Bonchev–Trinajstić information content (AvgIpc) is 2.84. The van der Waals surface area contributed by atoms with Crippen LogP contribution in [-0.4, -0.2) is 34.6 Å². The topological polar surface area (TPSA) is 81.2 Å². The highest BCUT2D eigenvalue weighted by Crippen LogP contribution is 2.13. The van der Waals surface area contributed by atoms with Gasteiger partial charge in [0.05, 0.1) is 12.8 Å². The van der Waals surface area contributed by atoms with E-state index in [9.17, 15) is 9.59 Å². The van der Waals surface area contributed by atoms with E-state index in [0.29, 0.717) is 23.4 Å². The number of esters is 1.